The van der Waals surface area contributed by atoms with Gasteiger partial charge in [0.05, 0.1) is 0 Å². The van der Waals surface area contributed by atoms with Crippen molar-refractivity contribution in [3.63, 3.8) is 0 Å². The number of halogens is 1. The summed E-state index contributed by atoms with van der Waals surface area (Å²) in [6, 6.07) is 13.7. The summed E-state index contributed by atoms with van der Waals surface area (Å²) in [7, 11) is 0. The Morgan fingerprint density at radius 2 is 1.76 bits per heavy atom. The zero-order valence-electron chi connectivity index (χ0n) is 16.3. The van der Waals surface area contributed by atoms with E-state index in [1.54, 1.807) is 17.0 Å². The number of ether oxygens (including phenoxy) is 2. The highest BCUT2D eigenvalue weighted by molar-refractivity contribution is 5.74. The first-order chi connectivity index (χ1) is 14.1. The van der Waals surface area contributed by atoms with Gasteiger partial charge in [0, 0.05) is 32.5 Å². The fraction of sp³-hybridized carbons (Fsp3) is 0.348. The van der Waals surface area contributed by atoms with Crippen molar-refractivity contribution in [3.8, 4) is 23.8 Å². The summed E-state index contributed by atoms with van der Waals surface area (Å²) in [5.74, 6) is 3.54. The lowest BCUT2D eigenvalue weighted by atomic mass is 10.1. The second-order valence-electron chi connectivity index (χ2n) is 6.88. The van der Waals surface area contributed by atoms with Gasteiger partial charge in [0.1, 0.15) is 30.0 Å². The molecule has 1 aliphatic heterocycles. The standard InChI is InChI=1S/C23H25FN2O3/c1-2-17-28-20-7-3-18(4-8-20)11-14-25-23(27)26-15-12-22(13-16-26)29-21-9-5-19(24)6-10-21/h1,3-10,22H,11-17H2,(H,25,27). The maximum Gasteiger partial charge on any atom is 0.317 e. The number of nitrogens with zero attached hydrogens (tertiary/aromatic N) is 1. The number of urea groups is 1. The van der Waals surface area contributed by atoms with Gasteiger partial charge < -0.3 is 19.7 Å². The highest BCUT2D eigenvalue weighted by Crippen LogP contribution is 2.19. The summed E-state index contributed by atoms with van der Waals surface area (Å²) in [4.78, 5) is 14.2. The van der Waals surface area contributed by atoms with Crippen molar-refractivity contribution in [3.05, 3.63) is 59.9 Å². The van der Waals surface area contributed by atoms with Crippen LogP contribution >= 0.6 is 0 Å². The smallest absolute Gasteiger partial charge is 0.317 e. The number of hydrogen-bond acceptors (Lipinski definition) is 3. The van der Waals surface area contributed by atoms with Crippen molar-refractivity contribution in [2.45, 2.75) is 25.4 Å². The number of hydrogen-bond donors (Lipinski definition) is 1. The molecule has 3 rings (SSSR count). The van der Waals surface area contributed by atoms with E-state index in [4.69, 9.17) is 15.9 Å². The van der Waals surface area contributed by atoms with Crippen molar-refractivity contribution >= 4 is 6.03 Å². The van der Waals surface area contributed by atoms with Gasteiger partial charge in [-0.05, 0) is 48.4 Å². The van der Waals surface area contributed by atoms with Crippen LogP contribution in [0.3, 0.4) is 0 Å². The van der Waals surface area contributed by atoms with E-state index in [1.807, 2.05) is 24.3 Å². The molecule has 152 valence electrons. The predicted octanol–water partition coefficient (Wildman–Crippen LogP) is 3.63. The molecule has 0 spiro atoms. The lowest BCUT2D eigenvalue weighted by molar-refractivity contribution is 0.111. The Labute approximate surface area is 170 Å². The summed E-state index contributed by atoms with van der Waals surface area (Å²) in [6.07, 6.45) is 7.46. The monoisotopic (exact) mass is 396 g/mol. The summed E-state index contributed by atoms with van der Waals surface area (Å²) < 4.78 is 24.2. The van der Waals surface area contributed by atoms with E-state index in [9.17, 15) is 9.18 Å². The van der Waals surface area contributed by atoms with Crippen LogP contribution in [0.25, 0.3) is 0 Å². The third-order valence-corrected chi connectivity index (χ3v) is 4.78. The van der Waals surface area contributed by atoms with Crippen molar-refractivity contribution in [1.82, 2.24) is 10.2 Å². The number of rotatable bonds is 7. The molecule has 0 radical (unpaired) electrons. The number of terminal acetylenes is 1. The molecule has 2 aromatic rings. The minimum absolute atomic E-state index is 0.0414. The molecule has 0 unspecified atom stereocenters. The molecule has 0 bridgehead atoms. The second kappa shape index (κ2) is 10.4. The average molecular weight is 396 g/mol. The van der Waals surface area contributed by atoms with Gasteiger partial charge in [0.15, 0.2) is 0 Å². The normalized spacial score (nSPS) is 14.1. The molecule has 1 N–H and O–H groups in total. The van der Waals surface area contributed by atoms with Gasteiger partial charge in [-0.15, -0.1) is 6.42 Å². The molecule has 0 saturated carbocycles. The van der Waals surface area contributed by atoms with E-state index >= 15 is 0 Å². The molecule has 1 fully saturated rings. The average Bonchev–Trinajstić information content (AvgIpc) is 2.75. The topological polar surface area (TPSA) is 50.8 Å². The van der Waals surface area contributed by atoms with Crippen LogP contribution in [0.4, 0.5) is 9.18 Å². The van der Waals surface area contributed by atoms with Gasteiger partial charge in [-0.1, -0.05) is 18.1 Å². The van der Waals surface area contributed by atoms with E-state index in [2.05, 4.69) is 11.2 Å². The van der Waals surface area contributed by atoms with Crippen LogP contribution in [0, 0.1) is 18.2 Å². The predicted molar refractivity (Wildman–Crippen MR) is 109 cm³/mol. The number of nitrogens with one attached hydrogen (secondary N) is 1. The molecule has 1 heterocycles. The summed E-state index contributed by atoms with van der Waals surface area (Å²) in [5, 5.41) is 2.97. The summed E-state index contributed by atoms with van der Waals surface area (Å²) in [6.45, 7) is 2.09. The van der Waals surface area contributed by atoms with Crippen molar-refractivity contribution in [1.29, 1.82) is 0 Å². The first-order valence-corrected chi connectivity index (χ1v) is 9.74. The van der Waals surface area contributed by atoms with Gasteiger partial charge in [0.25, 0.3) is 0 Å². The lowest BCUT2D eigenvalue weighted by Gasteiger charge is -2.32. The van der Waals surface area contributed by atoms with Crippen LogP contribution < -0.4 is 14.8 Å². The molecular weight excluding hydrogens is 371 g/mol. The van der Waals surface area contributed by atoms with Gasteiger partial charge in [-0.2, -0.15) is 0 Å². The molecule has 0 atom stereocenters. The van der Waals surface area contributed by atoms with Crippen molar-refractivity contribution < 1.29 is 18.7 Å². The molecule has 5 nitrogen and oxygen atoms in total. The van der Waals surface area contributed by atoms with E-state index in [1.165, 1.54) is 12.1 Å². The van der Waals surface area contributed by atoms with Crippen LogP contribution in [0.15, 0.2) is 48.5 Å². The van der Waals surface area contributed by atoms with Crippen molar-refractivity contribution in [2.75, 3.05) is 26.2 Å². The Hall–Kier alpha value is -3.20. The van der Waals surface area contributed by atoms with Crippen molar-refractivity contribution in [2.24, 2.45) is 0 Å². The number of carbonyl (C=O) groups is 1. The minimum Gasteiger partial charge on any atom is -0.490 e. The number of amides is 2. The molecule has 0 aliphatic carbocycles. The van der Waals surface area contributed by atoms with Crippen LogP contribution in [0.1, 0.15) is 18.4 Å². The van der Waals surface area contributed by atoms with Gasteiger partial charge >= 0.3 is 6.03 Å². The maximum absolute atomic E-state index is 13.0. The molecular formula is C23H25FN2O3. The Morgan fingerprint density at radius 1 is 1.10 bits per heavy atom. The molecule has 2 aromatic carbocycles. The zero-order valence-corrected chi connectivity index (χ0v) is 16.3. The SMILES string of the molecule is C#CCOc1ccc(CCNC(=O)N2CCC(Oc3ccc(F)cc3)CC2)cc1. The third kappa shape index (κ3) is 6.42. The highest BCUT2D eigenvalue weighted by atomic mass is 19.1. The van der Waals surface area contributed by atoms with E-state index < -0.39 is 0 Å². The summed E-state index contributed by atoms with van der Waals surface area (Å²) in [5.41, 5.74) is 1.12. The van der Waals surface area contributed by atoms with Crippen LogP contribution in [-0.4, -0.2) is 43.3 Å². The first-order valence-electron chi connectivity index (χ1n) is 9.74. The Kier molecular flexibility index (Phi) is 7.34. The molecule has 1 saturated heterocycles. The fourth-order valence-electron chi connectivity index (χ4n) is 3.19. The minimum atomic E-state index is -0.281. The second-order valence-corrected chi connectivity index (χ2v) is 6.88. The Balaban J connectivity index is 1.35. The van der Waals surface area contributed by atoms with Gasteiger partial charge in [-0.25, -0.2) is 9.18 Å². The number of carbonyl (C=O) groups excluding carboxylic acids is 1. The van der Waals surface area contributed by atoms with E-state index in [0.29, 0.717) is 25.4 Å². The maximum atomic E-state index is 13.0. The van der Waals surface area contributed by atoms with Gasteiger partial charge in [0.2, 0.25) is 0 Å². The van der Waals surface area contributed by atoms with Crippen LogP contribution in [0.5, 0.6) is 11.5 Å². The van der Waals surface area contributed by atoms with Crippen LogP contribution in [-0.2, 0) is 6.42 Å². The van der Waals surface area contributed by atoms with Gasteiger partial charge in [-0.3, -0.25) is 0 Å². The number of piperidine rings is 1. The fourth-order valence-corrected chi connectivity index (χ4v) is 3.19. The third-order valence-electron chi connectivity index (χ3n) is 4.78. The largest absolute Gasteiger partial charge is 0.490 e. The Morgan fingerprint density at radius 3 is 2.41 bits per heavy atom. The molecule has 2 amide bonds. The first kappa shape index (κ1) is 20.5. The number of likely N-dealkylation sites (tertiary alicyclic amines) is 1. The summed E-state index contributed by atoms with van der Waals surface area (Å²) >= 11 is 0. The quantitative estimate of drug-likeness (QED) is 0.727. The van der Waals surface area contributed by atoms with E-state index in [0.717, 1.165) is 30.6 Å². The molecule has 29 heavy (non-hydrogen) atoms. The lowest BCUT2D eigenvalue weighted by Crippen LogP contribution is -2.46. The van der Waals surface area contributed by atoms with E-state index in [-0.39, 0.29) is 24.6 Å². The molecule has 1 aliphatic rings. The Bertz CT molecular complexity index is 823. The highest BCUT2D eigenvalue weighted by Gasteiger charge is 2.23. The van der Waals surface area contributed by atoms with Crippen LogP contribution in [0.2, 0.25) is 0 Å². The molecule has 0 aromatic heterocycles. The zero-order chi connectivity index (χ0) is 20.5. The molecule has 6 heteroatoms. The number of benzene rings is 2.